The van der Waals surface area contributed by atoms with Gasteiger partial charge in [-0.05, 0) is 32.4 Å². The topological polar surface area (TPSA) is 58.6 Å². The normalized spacial score (nSPS) is 12.0. The Morgan fingerprint density at radius 3 is 2.78 bits per heavy atom. The molecular weight excluding hydrogens is 230 g/mol. The van der Waals surface area contributed by atoms with Gasteiger partial charge in [-0.25, -0.2) is 0 Å². The van der Waals surface area contributed by atoms with Gasteiger partial charge in [-0.3, -0.25) is 4.79 Å². The van der Waals surface area contributed by atoms with E-state index in [1.54, 1.807) is 6.92 Å². The van der Waals surface area contributed by atoms with Crippen molar-refractivity contribution >= 4 is 11.7 Å². The highest BCUT2D eigenvalue weighted by atomic mass is 16.5. The minimum Gasteiger partial charge on any atom is -0.466 e. The molecular formula is C14H21NO3. The van der Waals surface area contributed by atoms with Crippen molar-refractivity contribution in [3.63, 3.8) is 0 Å². The summed E-state index contributed by atoms with van der Waals surface area (Å²) in [6.07, 6.45) is -0.712. The van der Waals surface area contributed by atoms with E-state index >= 15 is 0 Å². The minimum atomic E-state index is -0.732. The Labute approximate surface area is 108 Å². The zero-order chi connectivity index (χ0) is 13.5. The molecule has 4 heteroatoms. The molecule has 0 heterocycles. The zero-order valence-corrected chi connectivity index (χ0v) is 11.2. The van der Waals surface area contributed by atoms with E-state index in [2.05, 4.69) is 11.4 Å². The average Bonchev–Trinajstić information content (AvgIpc) is 2.28. The third-order valence-electron chi connectivity index (χ3n) is 2.62. The fourth-order valence-corrected chi connectivity index (χ4v) is 1.72. The van der Waals surface area contributed by atoms with E-state index in [9.17, 15) is 9.90 Å². The molecule has 0 aliphatic heterocycles. The van der Waals surface area contributed by atoms with Crippen LogP contribution in [0.3, 0.4) is 0 Å². The highest BCUT2D eigenvalue weighted by Crippen LogP contribution is 2.16. The van der Waals surface area contributed by atoms with Crippen molar-refractivity contribution in [2.45, 2.75) is 33.3 Å². The number of carbonyl (C=O) groups excluding carboxylic acids is 1. The van der Waals surface area contributed by atoms with Crippen LogP contribution in [-0.4, -0.2) is 30.3 Å². The number of benzene rings is 1. The lowest BCUT2D eigenvalue weighted by atomic mass is 10.1. The summed E-state index contributed by atoms with van der Waals surface area (Å²) in [5.74, 6) is -0.368. The summed E-state index contributed by atoms with van der Waals surface area (Å²) in [5, 5.41) is 12.8. The molecule has 0 spiro atoms. The molecule has 0 aliphatic carbocycles. The van der Waals surface area contributed by atoms with Crippen molar-refractivity contribution in [3.05, 3.63) is 29.3 Å². The number of carbonyl (C=O) groups is 1. The van der Waals surface area contributed by atoms with Crippen molar-refractivity contribution in [1.29, 1.82) is 0 Å². The van der Waals surface area contributed by atoms with Crippen LogP contribution in [0.4, 0.5) is 5.69 Å². The van der Waals surface area contributed by atoms with Gasteiger partial charge < -0.3 is 15.2 Å². The van der Waals surface area contributed by atoms with E-state index in [1.165, 1.54) is 5.56 Å². The Balaban J connectivity index is 2.42. The molecule has 0 bridgehead atoms. The number of esters is 1. The third kappa shape index (κ3) is 4.75. The highest BCUT2D eigenvalue weighted by Gasteiger charge is 2.11. The molecule has 0 aromatic heterocycles. The molecule has 0 saturated heterocycles. The van der Waals surface area contributed by atoms with E-state index in [4.69, 9.17) is 4.74 Å². The lowest BCUT2D eigenvalue weighted by Crippen LogP contribution is -2.24. The molecule has 0 fully saturated rings. The molecule has 0 aliphatic rings. The highest BCUT2D eigenvalue weighted by molar-refractivity contribution is 5.70. The lowest BCUT2D eigenvalue weighted by Gasteiger charge is -2.14. The Bertz CT molecular complexity index is 404. The molecule has 1 rings (SSSR count). The SMILES string of the molecule is CCOC(=O)CC(O)CNc1ccc(C)cc1C. The number of nitrogens with one attached hydrogen (secondary N) is 1. The van der Waals surface area contributed by atoms with Crippen LogP contribution >= 0.6 is 0 Å². The monoisotopic (exact) mass is 251 g/mol. The molecule has 1 atom stereocenters. The number of anilines is 1. The predicted octanol–water partition coefficient (Wildman–Crippen LogP) is 2.03. The standard InChI is InChI=1S/C14H21NO3/c1-4-18-14(17)8-12(16)9-15-13-6-5-10(2)7-11(13)3/h5-7,12,15-16H,4,8-9H2,1-3H3. The number of aliphatic hydroxyl groups is 1. The van der Waals surface area contributed by atoms with Crippen LogP contribution < -0.4 is 5.32 Å². The van der Waals surface area contributed by atoms with Crippen LogP contribution in [0.1, 0.15) is 24.5 Å². The maximum absolute atomic E-state index is 11.2. The Morgan fingerprint density at radius 1 is 1.44 bits per heavy atom. The summed E-state index contributed by atoms with van der Waals surface area (Å²) >= 11 is 0. The number of ether oxygens (including phenoxy) is 1. The lowest BCUT2D eigenvalue weighted by molar-refractivity contribution is -0.145. The predicted molar refractivity (Wildman–Crippen MR) is 71.7 cm³/mol. The zero-order valence-electron chi connectivity index (χ0n) is 11.2. The maximum Gasteiger partial charge on any atom is 0.308 e. The fourth-order valence-electron chi connectivity index (χ4n) is 1.72. The van der Waals surface area contributed by atoms with Crippen molar-refractivity contribution in [3.8, 4) is 0 Å². The first-order valence-corrected chi connectivity index (χ1v) is 6.17. The summed E-state index contributed by atoms with van der Waals surface area (Å²) in [4.78, 5) is 11.2. The van der Waals surface area contributed by atoms with Crippen LogP contribution in [0, 0.1) is 13.8 Å². The van der Waals surface area contributed by atoms with Gasteiger partial charge in [-0.2, -0.15) is 0 Å². The van der Waals surface area contributed by atoms with Gasteiger partial charge in [0.1, 0.15) is 0 Å². The number of aliphatic hydroxyl groups excluding tert-OH is 1. The molecule has 18 heavy (non-hydrogen) atoms. The molecule has 1 aromatic rings. The van der Waals surface area contributed by atoms with Gasteiger partial charge in [0.15, 0.2) is 0 Å². The quantitative estimate of drug-likeness (QED) is 0.759. The molecule has 100 valence electrons. The summed E-state index contributed by atoms with van der Waals surface area (Å²) in [6.45, 7) is 6.47. The van der Waals surface area contributed by atoms with Gasteiger partial charge in [0, 0.05) is 12.2 Å². The van der Waals surface area contributed by atoms with Crippen molar-refractivity contribution < 1.29 is 14.6 Å². The second-order valence-electron chi connectivity index (χ2n) is 4.36. The van der Waals surface area contributed by atoms with E-state index < -0.39 is 6.10 Å². The molecule has 1 unspecified atom stereocenters. The van der Waals surface area contributed by atoms with E-state index in [-0.39, 0.29) is 12.4 Å². The number of hydrogen-bond donors (Lipinski definition) is 2. The molecule has 0 saturated carbocycles. The fraction of sp³-hybridized carbons (Fsp3) is 0.500. The molecule has 1 aromatic carbocycles. The van der Waals surface area contributed by atoms with Gasteiger partial charge in [0.2, 0.25) is 0 Å². The molecule has 0 radical (unpaired) electrons. The van der Waals surface area contributed by atoms with Crippen LogP contribution in [0.5, 0.6) is 0 Å². The average molecular weight is 251 g/mol. The number of hydrogen-bond acceptors (Lipinski definition) is 4. The van der Waals surface area contributed by atoms with Crippen molar-refractivity contribution in [2.24, 2.45) is 0 Å². The molecule has 2 N–H and O–H groups in total. The largest absolute Gasteiger partial charge is 0.466 e. The van der Waals surface area contributed by atoms with E-state index in [0.717, 1.165) is 11.3 Å². The first-order chi connectivity index (χ1) is 8.52. The summed E-state index contributed by atoms with van der Waals surface area (Å²) < 4.78 is 4.78. The van der Waals surface area contributed by atoms with Crippen LogP contribution in [0.25, 0.3) is 0 Å². The van der Waals surface area contributed by atoms with E-state index in [0.29, 0.717) is 13.2 Å². The first-order valence-electron chi connectivity index (χ1n) is 6.17. The van der Waals surface area contributed by atoms with Gasteiger partial charge in [0.05, 0.1) is 19.1 Å². The van der Waals surface area contributed by atoms with Crippen molar-refractivity contribution in [1.82, 2.24) is 0 Å². The maximum atomic E-state index is 11.2. The summed E-state index contributed by atoms with van der Waals surface area (Å²) in [5.41, 5.74) is 3.30. The van der Waals surface area contributed by atoms with Crippen LogP contribution in [0.2, 0.25) is 0 Å². The van der Waals surface area contributed by atoms with Crippen LogP contribution in [0.15, 0.2) is 18.2 Å². The number of aryl methyl sites for hydroxylation is 2. The van der Waals surface area contributed by atoms with Gasteiger partial charge in [-0.1, -0.05) is 17.7 Å². The summed E-state index contributed by atoms with van der Waals surface area (Å²) in [6, 6.07) is 6.05. The van der Waals surface area contributed by atoms with Gasteiger partial charge >= 0.3 is 5.97 Å². The van der Waals surface area contributed by atoms with Gasteiger partial charge in [-0.15, -0.1) is 0 Å². The van der Waals surface area contributed by atoms with E-state index in [1.807, 2.05) is 26.0 Å². The molecule has 4 nitrogen and oxygen atoms in total. The second-order valence-corrected chi connectivity index (χ2v) is 4.36. The molecule has 0 amide bonds. The Kier molecular flexibility index (Phi) is 5.65. The Hall–Kier alpha value is -1.55. The smallest absolute Gasteiger partial charge is 0.308 e. The Morgan fingerprint density at radius 2 is 2.17 bits per heavy atom. The third-order valence-corrected chi connectivity index (χ3v) is 2.62. The second kappa shape index (κ2) is 7.01. The summed E-state index contributed by atoms with van der Waals surface area (Å²) in [7, 11) is 0. The van der Waals surface area contributed by atoms with Crippen molar-refractivity contribution in [2.75, 3.05) is 18.5 Å². The number of rotatable bonds is 6. The van der Waals surface area contributed by atoms with Gasteiger partial charge in [0.25, 0.3) is 0 Å². The first kappa shape index (κ1) is 14.5. The van der Waals surface area contributed by atoms with Crippen LogP contribution in [-0.2, 0) is 9.53 Å². The minimum absolute atomic E-state index is 0.0196.